The molecule has 90 valence electrons. The highest BCUT2D eigenvalue weighted by Crippen LogP contribution is 2.06. The van der Waals surface area contributed by atoms with Crippen LogP contribution in [0, 0.1) is 5.92 Å². The van der Waals surface area contributed by atoms with Crippen molar-refractivity contribution in [1.29, 1.82) is 0 Å². The van der Waals surface area contributed by atoms with Gasteiger partial charge in [0.05, 0.1) is 19.1 Å². The minimum Gasteiger partial charge on any atom is -0.466 e. The molecule has 1 N–H and O–H groups in total. The number of aliphatic hydroxyl groups is 1. The molecule has 0 spiro atoms. The molecule has 0 aliphatic carbocycles. The second-order valence-corrected chi connectivity index (χ2v) is 3.97. The van der Waals surface area contributed by atoms with Crippen molar-refractivity contribution < 1.29 is 14.6 Å². The Bertz CT molecular complexity index is 183. The van der Waals surface area contributed by atoms with Crippen molar-refractivity contribution in [3.05, 3.63) is 0 Å². The number of nitrogens with zero attached hydrogens (tertiary/aromatic N) is 1. The van der Waals surface area contributed by atoms with Crippen LogP contribution in [0.15, 0.2) is 0 Å². The standard InChI is InChI=1S/C11H23NO3/c1-5-15-11(14)10(4)8-12(6-7-13)9(2)3/h9-10,13H,5-8H2,1-4H3. The van der Waals surface area contributed by atoms with Gasteiger partial charge in [0, 0.05) is 19.1 Å². The van der Waals surface area contributed by atoms with Crippen LogP contribution in [0.25, 0.3) is 0 Å². The summed E-state index contributed by atoms with van der Waals surface area (Å²) in [5.74, 6) is -0.306. The smallest absolute Gasteiger partial charge is 0.309 e. The molecule has 0 saturated carbocycles. The first kappa shape index (κ1) is 14.4. The van der Waals surface area contributed by atoms with Crippen LogP contribution >= 0.6 is 0 Å². The topological polar surface area (TPSA) is 49.8 Å². The van der Waals surface area contributed by atoms with Gasteiger partial charge in [-0.2, -0.15) is 0 Å². The lowest BCUT2D eigenvalue weighted by Gasteiger charge is -2.27. The number of carbonyl (C=O) groups is 1. The quantitative estimate of drug-likeness (QED) is 0.643. The first-order chi connectivity index (χ1) is 7.02. The van der Waals surface area contributed by atoms with Crippen LogP contribution in [0.5, 0.6) is 0 Å². The third-order valence-corrected chi connectivity index (χ3v) is 2.31. The van der Waals surface area contributed by atoms with Crippen LogP contribution in [0.2, 0.25) is 0 Å². The van der Waals surface area contributed by atoms with Gasteiger partial charge in [-0.05, 0) is 20.8 Å². The Balaban J connectivity index is 4.09. The molecule has 0 saturated heterocycles. The molecule has 1 unspecified atom stereocenters. The van der Waals surface area contributed by atoms with E-state index in [-0.39, 0.29) is 18.5 Å². The molecule has 0 heterocycles. The highest BCUT2D eigenvalue weighted by Gasteiger charge is 2.19. The number of ether oxygens (including phenoxy) is 1. The summed E-state index contributed by atoms with van der Waals surface area (Å²) in [5.41, 5.74) is 0. The predicted octanol–water partition coefficient (Wildman–Crippen LogP) is 0.888. The van der Waals surface area contributed by atoms with E-state index in [9.17, 15) is 4.79 Å². The van der Waals surface area contributed by atoms with Crippen LogP contribution in [0.1, 0.15) is 27.7 Å². The van der Waals surface area contributed by atoms with E-state index in [0.29, 0.717) is 25.7 Å². The van der Waals surface area contributed by atoms with Gasteiger partial charge in [-0.3, -0.25) is 9.69 Å². The minimum absolute atomic E-state index is 0.119. The maximum atomic E-state index is 11.4. The number of hydrogen-bond donors (Lipinski definition) is 1. The SMILES string of the molecule is CCOC(=O)C(C)CN(CCO)C(C)C. The second-order valence-electron chi connectivity index (χ2n) is 3.97. The van der Waals surface area contributed by atoms with Crippen molar-refractivity contribution >= 4 is 5.97 Å². The third kappa shape index (κ3) is 5.74. The van der Waals surface area contributed by atoms with Gasteiger partial charge in [0.25, 0.3) is 0 Å². The molecule has 0 radical (unpaired) electrons. The Morgan fingerprint density at radius 1 is 1.40 bits per heavy atom. The molecule has 4 nitrogen and oxygen atoms in total. The van der Waals surface area contributed by atoms with Crippen molar-refractivity contribution in [2.45, 2.75) is 33.7 Å². The highest BCUT2D eigenvalue weighted by molar-refractivity contribution is 5.72. The molecule has 15 heavy (non-hydrogen) atoms. The zero-order valence-electron chi connectivity index (χ0n) is 10.2. The van der Waals surface area contributed by atoms with Crippen molar-refractivity contribution in [2.75, 3.05) is 26.3 Å². The van der Waals surface area contributed by atoms with E-state index in [1.54, 1.807) is 6.92 Å². The number of aliphatic hydroxyl groups excluding tert-OH is 1. The van der Waals surface area contributed by atoms with Crippen LogP contribution in [0.4, 0.5) is 0 Å². The van der Waals surface area contributed by atoms with E-state index in [1.165, 1.54) is 0 Å². The van der Waals surface area contributed by atoms with Crippen molar-refractivity contribution in [3.63, 3.8) is 0 Å². The Labute approximate surface area is 92.2 Å². The van der Waals surface area contributed by atoms with Gasteiger partial charge in [-0.1, -0.05) is 6.92 Å². The van der Waals surface area contributed by atoms with Crippen LogP contribution in [0.3, 0.4) is 0 Å². The summed E-state index contributed by atoms with van der Waals surface area (Å²) >= 11 is 0. The maximum absolute atomic E-state index is 11.4. The van der Waals surface area contributed by atoms with E-state index >= 15 is 0 Å². The molecular weight excluding hydrogens is 194 g/mol. The highest BCUT2D eigenvalue weighted by atomic mass is 16.5. The van der Waals surface area contributed by atoms with E-state index in [2.05, 4.69) is 4.90 Å². The first-order valence-corrected chi connectivity index (χ1v) is 5.54. The number of rotatable bonds is 7. The summed E-state index contributed by atoms with van der Waals surface area (Å²) in [6.45, 7) is 9.53. The molecule has 1 atom stereocenters. The van der Waals surface area contributed by atoms with Crippen molar-refractivity contribution in [1.82, 2.24) is 4.90 Å². The van der Waals surface area contributed by atoms with Gasteiger partial charge >= 0.3 is 5.97 Å². The number of hydrogen-bond acceptors (Lipinski definition) is 4. The molecule has 0 rings (SSSR count). The fourth-order valence-corrected chi connectivity index (χ4v) is 1.40. The van der Waals surface area contributed by atoms with E-state index in [1.807, 2.05) is 20.8 Å². The fourth-order valence-electron chi connectivity index (χ4n) is 1.40. The molecule has 0 aromatic heterocycles. The van der Waals surface area contributed by atoms with E-state index in [4.69, 9.17) is 9.84 Å². The third-order valence-electron chi connectivity index (χ3n) is 2.31. The Morgan fingerprint density at radius 3 is 2.40 bits per heavy atom. The molecule has 0 amide bonds. The zero-order chi connectivity index (χ0) is 11.8. The second kappa shape index (κ2) is 7.65. The summed E-state index contributed by atoms with van der Waals surface area (Å²) in [4.78, 5) is 13.5. The number of esters is 1. The van der Waals surface area contributed by atoms with Crippen LogP contribution in [-0.2, 0) is 9.53 Å². The summed E-state index contributed by atoms with van der Waals surface area (Å²) < 4.78 is 4.93. The van der Waals surface area contributed by atoms with Gasteiger partial charge in [-0.15, -0.1) is 0 Å². The number of carbonyl (C=O) groups excluding carboxylic acids is 1. The van der Waals surface area contributed by atoms with E-state index in [0.717, 1.165) is 0 Å². The van der Waals surface area contributed by atoms with Crippen molar-refractivity contribution in [2.24, 2.45) is 5.92 Å². The fraction of sp³-hybridized carbons (Fsp3) is 0.909. The average Bonchev–Trinajstić information content (AvgIpc) is 2.17. The van der Waals surface area contributed by atoms with Gasteiger partial charge in [0.15, 0.2) is 0 Å². The molecule has 4 heteroatoms. The Morgan fingerprint density at radius 2 is 2.00 bits per heavy atom. The molecule has 0 fully saturated rings. The lowest BCUT2D eigenvalue weighted by molar-refractivity contribution is -0.148. The zero-order valence-corrected chi connectivity index (χ0v) is 10.2. The lowest BCUT2D eigenvalue weighted by atomic mass is 10.1. The normalized spacial score (nSPS) is 13.3. The minimum atomic E-state index is -0.166. The van der Waals surface area contributed by atoms with Crippen LogP contribution in [-0.4, -0.2) is 48.3 Å². The van der Waals surface area contributed by atoms with E-state index < -0.39 is 0 Å². The molecule has 0 aliphatic heterocycles. The summed E-state index contributed by atoms with van der Waals surface area (Å²) in [6, 6.07) is 0.328. The Hall–Kier alpha value is -0.610. The molecule has 0 aliphatic rings. The maximum Gasteiger partial charge on any atom is 0.309 e. The largest absolute Gasteiger partial charge is 0.466 e. The summed E-state index contributed by atoms with van der Waals surface area (Å²) in [6.07, 6.45) is 0. The monoisotopic (exact) mass is 217 g/mol. The van der Waals surface area contributed by atoms with Gasteiger partial charge in [0.1, 0.15) is 0 Å². The molecule has 0 aromatic rings. The average molecular weight is 217 g/mol. The molecule has 0 bridgehead atoms. The van der Waals surface area contributed by atoms with Gasteiger partial charge in [-0.25, -0.2) is 0 Å². The lowest BCUT2D eigenvalue weighted by Crippen LogP contribution is -2.39. The van der Waals surface area contributed by atoms with Gasteiger partial charge in [0.2, 0.25) is 0 Å². The predicted molar refractivity (Wildman–Crippen MR) is 59.6 cm³/mol. The summed E-state index contributed by atoms with van der Waals surface area (Å²) in [7, 11) is 0. The summed E-state index contributed by atoms with van der Waals surface area (Å²) in [5, 5.41) is 8.88. The first-order valence-electron chi connectivity index (χ1n) is 5.54. The van der Waals surface area contributed by atoms with Crippen LogP contribution < -0.4 is 0 Å². The van der Waals surface area contributed by atoms with Gasteiger partial charge < -0.3 is 9.84 Å². The van der Waals surface area contributed by atoms with Crippen molar-refractivity contribution in [3.8, 4) is 0 Å². The molecular formula is C11H23NO3. The molecule has 0 aromatic carbocycles. The Kier molecular flexibility index (Phi) is 7.34.